The Kier molecular flexibility index (Phi) is 4.92. The Hall–Kier alpha value is -3.41. The van der Waals surface area contributed by atoms with Gasteiger partial charge in [-0.1, -0.05) is 60.7 Å². The topological polar surface area (TPSA) is 68.9 Å². The molecule has 1 aromatic heterocycles. The number of benzene rings is 3. The first-order valence-corrected chi connectivity index (χ1v) is 9.11. The number of carboxylic acid groups (broad SMARTS) is 1. The molecular formula is C24H20O5. The van der Waals surface area contributed by atoms with Crippen LogP contribution in [0.5, 0.6) is 0 Å². The molecule has 0 fully saturated rings. The van der Waals surface area contributed by atoms with Gasteiger partial charge in [-0.3, -0.25) is 0 Å². The van der Waals surface area contributed by atoms with Gasteiger partial charge in [0.25, 0.3) is 5.79 Å². The normalized spacial score (nSPS) is 11.7. The maximum absolute atomic E-state index is 11.4. The van der Waals surface area contributed by atoms with E-state index >= 15 is 0 Å². The molecule has 4 rings (SSSR count). The summed E-state index contributed by atoms with van der Waals surface area (Å²) < 4.78 is 17.8. The van der Waals surface area contributed by atoms with Crippen LogP contribution in [-0.4, -0.2) is 25.3 Å². The smallest absolute Gasteiger partial charge is 0.335 e. The van der Waals surface area contributed by atoms with Crippen LogP contribution < -0.4 is 0 Å². The minimum Gasteiger partial charge on any atom is -0.478 e. The number of methoxy groups -OCH3 is 2. The van der Waals surface area contributed by atoms with Crippen molar-refractivity contribution in [2.45, 2.75) is 5.79 Å². The Morgan fingerprint density at radius 2 is 1.62 bits per heavy atom. The number of ether oxygens (including phenoxy) is 2. The van der Waals surface area contributed by atoms with E-state index in [1.165, 1.54) is 0 Å². The van der Waals surface area contributed by atoms with Crippen molar-refractivity contribution in [1.29, 1.82) is 0 Å². The lowest BCUT2D eigenvalue weighted by molar-refractivity contribution is -0.194. The fraction of sp³-hybridized carbons (Fsp3) is 0.125. The largest absolute Gasteiger partial charge is 0.478 e. The summed E-state index contributed by atoms with van der Waals surface area (Å²) in [4.78, 5) is 11.4. The molecule has 4 aromatic rings. The van der Waals surface area contributed by atoms with Crippen LogP contribution in [-0.2, 0) is 15.3 Å². The molecule has 0 radical (unpaired) electrons. The summed E-state index contributed by atoms with van der Waals surface area (Å²) in [6, 6.07) is 24.0. The summed E-state index contributed by atoms with van der Waals surface area (Å²) in [6.45, 7) is 0. The lowest BCUT2D eigenvalue weighted by Gasteiger charge is -2.29. The van der Waals surface area contributed by atoms with Crippen LogP contribution >= 0.6 is 0 Å². The monoisotopic (exact) mass is 388 g/mol. The first-order chi connectivity index (χ1) is 14.1. The molecule has 0 aliphatic heterocycles. The summed E-state index contributed by atoms with van der Waals surface area (Å²) >= 11 is 0. The summed E-state index contributed by atoms with van der Waals surface area (Å²) in [5, 5.41) is 10.2. The summed E-state index contributed by atoms with van der Waals surface area (Å²) in [6.07, 6.45) is 0. The van der Waals surface area contributed by atoms with Gasteiger partial charge in [-0.05, 0) is 23.8 Å². The van der Waals surface area contributed by atoms with Crippen molar-refractivity contribution in [3.05, 3.63) is 95.7 Å². The van der Waals surface area contributed by atoms with Gasteiger partial charge < -0.3 is 19.0 Å². The third-order valence-corrected chi connectivity index (χ3v) is 5.02. The van der Waals surface area contributed by atoms with Crippen LogP contribution in [0.1, 0.15) is 21.7 Å². The first kappa shape index (κ1) is 18.9. The van der Waals surface area contributed by atoms with Gasteiger partial charge in [0.1, 0.15) is 5.58 Å². The molecule has 0 bridgehead atoms. The minimum absolute atomic E-state index is 0.221. The maximum Gasteiger partial charge on any atom is 0.335 e. The van der Waals surface area contributed by atoms with Crippen molar-refractivity contribution in [3.63, 3.8) is 0 Å². The number of hydrogen-bond donors (Lipinski definition) is 1. The van der Waals surface area contributed by atoms with E-state index in [9.17, 15) is 9.90 Å². The van der Waals surface area contributed by atoms with Crippen molar-refractivity contribution in [3.8, 4) is 11.1 Å². The fourth-order valence-corrected chi connectivity index (χ4v) is 3.59. The average molecular weight is 388 g/mol. The number of hydrogen-bond acceptors (Lipinski definition) is 4. The number of aromatic carboxylic acids is 1. The van der Waals surface area contributed by atoms with E-state index in [0.29, 0.717) is 11.3 Å². The quantitative estimate of drug-likeness (QED) is 0.455. The van der Waals surface area contributed by atoms with Crippen molar-refractivity contribution >= 4 is 16.9 Å². The second kappa shape index (κ2) is 7.54. The van der Waals surface area contributed by atoms with Crippen LogP contribution in [0.3, 0.4) is 0 Å². The van der Waals surface area contributed by atoms with E-state index in [-0.39, 0.29) is 5.56 Å². The fourth-order valence-electron chi connectivity index (χ4n) is 3.59. The van der Waals surface area contributed by atoms with Gasteiger partial charge >= 0.3 is 5.97 Å². The highest BCUT2D eigenvalue weighted by molar-refractivity contribution is 5.95. The van der Waals surface area contributed by atoms with Crippen molar-refractivity contribution in [1.82, 2.24) is 0 Å². The summed E-state index contributed by atoms with van der Waals surface area (Å²) in [5.41, 5.74) is 3.22. The predicted octanol–water partition coefficient (Wildman–Crippen LogP) is 5.29. The van der Waals surface area contributed by atoms with Gasteiger partial charge in [-0.15, -0.1) is 0 Å². The van der Waals surface area contributed by atoms with Crippen LogP contribution in [0.2, 0.25) is 0 Å². The molecule has 0 saturated carbocycles. The molecule has 5 nitrogen and oxygen atoms in total. The Morgan fingerprint density at radius 3 is 2.31 bits per heavy atom. The van der Waals surface area contributed by atoms with Crippen LogP contribution in [0.15, 0.2) is 83.3 Å². The zero-order chi connectivity index (χ0) is 20.4. The zero-order valence-electron chi connectivity index (χ0n) is 16.1. The molecular weight excluding hydrogens is 368 g/mol. The number of carbonyl (C=O) groups is 1. The minimum atomic E-state index is -1.19. The first-order valence-electron chi connectivity index (χ1n) is 9.11. The molecule has 1 heterocycles. The van der Waals surface area contributed by atoms with Gasteiger partial charge in [0.15, 0.2) is 5.76 Å². The molecule has 0 aliphatic carbocycles. The predicted molar refractivity (Wildman–Crippen MR) is 110 cm³/mol. The third-order valence-electron chi connectivity index (χ3n) is 5.02. The van der Waals surface area contributed by atoms with E-state index in [2.05, 4.69) is 0 Å². The number of rotatable bonds is 6. The highest BCUT2D eigenvalue weighted by Crippen LogP contribution is 2.39. The van der Waals surface area contributed by atoms with Gasteiger partial charge in [-0.25, -0.2) is 4.79 Å². The highest BCUT2D eigenvalue weighted by Gasteiger charge is 2.38. The zero-order valence-corrected chi connectivity index (χ0v) is 16.1. The average Bonchev–Trinajstić information content (AvgIpc) is 3.20. The lowest BCUT2D eigenvalue weighted by atomic mass is 10.0. The molecule has 0 spiro atoms. The van der Waals surface area contributed by atoms with Crippen LogP contribution in [0, 0.1) is 0 Å². The maximum atomic E-state index is 11.4. The molecule has 0 amide bonds. The number of para-hydroxylation sites is 1. The van der Waals surface area contributed by atoms with Crippen molar-refractivity contribution in [2.24, 2.45) is 0 Å². The number of fused-ring (bicyclic) bond motifs is 1. The molecule has 29 heavy (non-hydrogen) atoms. The molecule has 0 aliphatic rings. The standard InChI is InChI=1S/C24H20O5/c1-27-24(28-2,19-11-4-3-5-12-19)21-15-17-9-7-13-20(22(17)29-21)16-8-6-10-18(14-16)23(25)26/h3-15H,1-2H3,(H,25,26). The molecule has 5 heteroatoms. The van der Waals surface area contributed by atoms with Crippen LogP contribution in [0.25, 0.3) is 22.1 Å². The number of furan rings is 1. The molecule has 146 valence electrons. The van der Waals surface area contributed by atoms with Crippen molar-refractivity contribution in [2.75, 3.05) is 14.2 Å². The SMILES string of the molecule is COC(OC)(c1ccccc1)c1cc2cccc(-c3cccc(C(=O)O)c3)c2o1. The van der Waals surface area contributed by atoms with Crippen LogP contribution in [0.4, 0.5) is 0 Å². The Labute approximate surface area is 168 Å². The molecule has 0 unspecified atom stereocenters. The third kappa shape index (κ3) is 3.20. The number of carboxylic acids is 1. The van der Waals surface area contributed by atoms with E-state index < -0.39 is 11.8 Å². The summed E-state index contributed by atoms with van der Waals surface area (Å²) in [7, 11) is 3.14. The molecule has 0 saturated heterocycles. The Balaban J connectivity index is 1.90. The summed E-state index contributed by atoms with van der Waals surface area (Å²) in [5.74, 6) is -1.66. The Bertz CT molecular complexity index is 1160. The van der Waals surface area contributed by atoms with E-state index in [1.807, 2.05) is 60.7 Å². The van der Waals surface area contributed by atoms with Crippen molar-refractivity contribution < 1.29 is 23.8 Å². The van der Waals surface area contributed by atoms with Gasteiger partial charge in [0.05, 0.1) is 5.56 Å². The molecule has 3 aromatic carbocycles. The van der Waals surface area contributed by atoms with E-state index in [0.717, 1.165) is 22.1 Å². The van der Waals surface area contributed by atoms with Gasteiger partial charge in [0.2, 0.25) is 0 Å². The van der Waals surface area contributed by atoms with E-state index in [4.69, 9.17) is 13.9 Å². The van der Waals surface area contributed by atoms with E-state index in [1.54, 1.807) is 32.4 Å². The molecule has 0 atom stereocenters. The second-order valence-electron chi connectivity index (χ2n) is 6.61. The Morgan fingerprint density at radius 1 is 0.897 bits per heavy atom. The van der Waals surface area contributed by atoms with Gasteiger partial charge in [0, 0.05) is 30.7 Å². The highest BCUT2D eigenvalue weighted by atomic mass is 16.7. The second-order valence-corrected chi connectivity index (χ2v) is 6.61. The van der Waals surface area contributed by atoms with Gasteiger partial charge in [-0.2, -0.15) is 0 Å². The lowest BCUT2D eigenvalue weighted by Crippen LogP contribution is -2.31. The molecule has 1 N–H and O–H groups in total.